The Bertz CT molecular complexity index is 1150. The highest BCUT2D eigenvalue weighted by molar-refractivity contribution is 6.06. The van der Waals surface area contributed by atoms with Gasteiger partial charge in [0.1, 0.15) is 5.82 Å². The fraction of sp³-hybridized carbons (Fsp3) is 0.286. The number of piperazine rings is 1. The van der Waals surface area contributed by atoms with Crippen LogP contribution >= 0.6 is 0 Å². The summed E-state index contributed by atoms with van der Waals surface area (Å²) < 4.78 is 13.9. The van der Waals surface area contributed by atoms with E-state index >= 15 is 0 Å². The molecule has 0 aromatic heterocycles. The first kappa shape index (κ1) is 23.6. The Balaban J connectivity index is 1.59. The van der Waals surface area contributed by atoms with Crippen LogP contribution in [0.15, 0.2) is 72.8 Å². The van der Waals surface area contributed by atoms with Crippen LogP contribution in [0.3, 0.4) is 0 Å². The fourth-order valence-electron chi connectivity index (χ4n) is 4.11. The summed E-state index contributed by atoms with van der Waals surface area (Å²) in [6.07, 6.45) is 0.282. The van der Waals surface area contributed by atoms with Crippen LogP contribution in [0.25, 0.3) is 0 Å². The van der Waals surface area contributed by atoms with E-state index in [4.69, 9.17) is 0 Å². The Morgan fingerprint density at radius 2 is 1.59 bits per heavy atom. The van der Waals surface area contributed by atoms with E-state index < -0.39 is 5.82 Å². The average Bonchev–Trinajstić information content (AvgIpc) is 2.84. The molecule has 1 saturated heterocycles. The van der Waals surface area contributed by atoms with Crippen LogP contribution in [0, 0.1) is 12.7 Å². The highest BCUT2D eigenvalue weighted by Gasteiger charge is 2.22. The lowest BCUT2D eigenvalue weighted by molar-refractivity contribution is -0.132. The SMILES string of the molecule is Cc1ccc(CN(C(=O)c2cccc(F)c2)c2cccc(CC(=O)N3CCN(C)CC3)c2)cc1. The quantitative estimate of drug-likeness (QED) is 0.552. The minimum absolute atomic E-state index is 0.0896. The molecule has 0 N–H and O–H groups in total. The van der Waals surface area contributed by atoms with Crippen molar-refractivity contribution in [2.75, 3.05) is 38.1 Å². The molecule has 2 amide bonds. The Kier molecular flexibility index (Phi) is 7.38. The van der Waals surface area contributed by atoms with Gasteiger partial charge in [0, 0.05) is 37.4 Å². The molecule has 3 aromatic rings. The summed E-state index contributed by atoms with van der Waals surface area (Å²) in [6.45, 7) is 5.56. The molecule has 1 aliphatic heterocycles. The van der Waals surface area contributed by atoms with Crippen LogP contribution in [0.5, 0.6) is 0 Å². The van der Waals surface area contributed by atoms with Gasteiger partial charge in [-0.05, 0) is 55.4 Å². The Morgan fingerprint density at radius 1 is 0.882 bits per heavy atom. The Morgan fingerprint density at radius 3 is 2.29 bits per heavy atom. The molecule has 0 radical (unpaired) electrons. The van der Waals surface area contributed by atoms with Gasteiger partial charge < -0.3 is 14.7 Å². The molecule has 1 heterocycles. The largest absolute Gasteiger partial charge is 0.340 e. The van der Waals surface area contributed by atoms with E-state index in [1.54, 1.807) is 11.0 Å². The summed E-state index contributed by atoms with van der Waals surface area (Å²) in [5, 5.41) is 0. The molecular weight excluding hydrogens is 429 g/mol. The van der Waals surface area contributed by atoms with Crippen molar-refractivity contribution in [1.29, 1.82) is 0 Å². The van der Waals surface area contributed by atoms with Gasteiger partial charge in [0.05, 0.1) is 13.0 Å². The third-order valence-corrected chi connectivity index (χ3v) is 6.21. The summed E-state index contributed by atoms with van der Waals surface area (Å²) in [5.74, 6) is -0.651. The lowest BCUT2D eigenvalue weighted by atomic mass is 10.1. The van der Waals surface area contributed by atoms with Gasteiger partial charge in [-0.1, -0.05) is 48.0 Å². The second-order valence-corrected chi connectivity index (χ2v) is 8.92. The fourth-order valence-corrected chi connectivity index (χ4v) is 4.11. The number of hydrogen-bond donors (Lipinski definition) is 0. The molecule has 0 aliphatic carbocycles. The van der Waals surface area contributed by atoms with Gasteiger partial charge in [0.15, 0.2) is 0 Å². The minimum Gasteiger partial charge on any atom is -0.340 e. The molecule has 1 fully saturated rings. The number of halogens is 1. The summed E-state index contributed by atoms with van der Waals surface area (Å²) in [7, 11) is 2.06. The van der Waals surface area contributed by atoms with Crippen LogP contribution < -0.4 is 4.90 Å². The zero-order valence-electron chi connectivity index (χ0n) is 19.7. The molecule has 0 unspecified atom stereocenters. The zero-order chi connectivity index (χ0) is 24.1. The lowest BCUT2D eigenvalue weighted by Crippen LogP contribution is -2.47. The van der Waals surface area contributed by atoms with Gasteiger partial charge in [-0.15, -0.1) is 0 Å². The van der Waals surface area contributed by atoms with E-state index in [9.17, 15) is 14.0 Å². The highest BCUT2D eigenvalue weighted by Crippen LogP contribution is 2.23. The van der Waals surface area contributed by atoms with Gasteiger partial charge in [0.25, 0.3) is 5.91 Å². The number of rotatable bonds is 6. The van der Waals surface area contributed by atoms with E-state index in [2.05, 4.69) is 11.9 Å². The molecule has 34 heavy (non-hydrogen) atoms. The monoisotopic (exact) mass is 459 g/mol. The maximum Gasteiger partial charge on any atom is 0.258 e. The van der Waals surface area contributed by atoms with Crippen molar-refractivity contribution < 1.29 is 14.0 Å². The van der Waals surface area contributed by atoms with Crippen LogP contribution in [0.4, 0.5) is 10.1 Å². The molecule has 1 aliphatic rings. The lowest BCUT2D eigenvalue weighted by Gasteiger charge is -2.32. The second-order valence-electron chi connectivity index (χ2n) is 8.92. The first-order chi connectivity index (χ1) is 16.4. The van der Waals surface area contributed by atoms with E-state index in [0.29, 0.717) is 12.2 Å². The van der Waals surface area contributed by atoms with Gasteiger partial charge >= 0.3 is 0 Å². The molecule has 0 saturated carbocycles. The first-order valence-electron chi connectivity index (χ1n) is 11.6. The number of likely N-dealkylation sites (N-methyl/N-ethyl adjacent to an activating group) is 1. The number of aryl methyl sites for hydroxylation is 1. The standard InChI is InChI=1S/C28H30FN3O2/c1-21-9-11-22(12-10-21)20-32(28(34)24-6-4-7-25(29)19-24)26-8-3-5-23(17-26)18-27(33)31-15-13-30(2)14-16-31/h3-12,17,19H,13-16,18,20H2,1-2H3. The van der Waals surface area contributed by atoms with Crippen molar-refractivity contribution in [3.63, 3.8) is 0 Å². The molecular formula is C28H30FN3O2. The molecule has 5 nitrogen and oxygen atoms in total. The molecule has 0 bridgehead atoms. The summed E-state index contributed by atoms with van der Waals surface area (Å²) in [6, 6.07) is 21.2. The van der Waals surface area contributed by atoms with E-state index in [0.717, 1.165) is 42.9 Å². The van der Waals surface area contributed by atoms with Crippen molar-refractivity contribution in [2.24, 2.45) is 0 Å². The predicted molar refractivity (Wildman–Crippen MR) is 132 cm³/mol. The number of nitrogens with zero attached hydrogens (tertiary/aromatic N) is 3. The number of carbonyl (C=O) groups excluding carboxylic acids is 2. The number of amides is 2. The van der Waals surface area contributed by atoms with Crippen molar-refractivity contribution in [1.82, 2.24) is 9.80 Å². The number of hydrogen-bond acceptors (Lipinski definition) is 3. The molecule has 0 spiro atoms. The maximum absolute atomic E-state index is 13.9. The van der Waals surface area contributed by atoms with Gasteiger partial charge in [0.2, 0.25) is 5.91 Å². The maximum atomic E-state index is 13.9. The molecule has 4 rings (SSSR count). The highest BCUT2D eigenvalue weighted by atomic mass is 19.1. The summed E-state index contributed by atoms with van der Waals surface area (Å²) >= 11 is 0. The number of anilines is 1. The predicted octanol–water partition coefficient (Wildman–Crippen LogP) is 4.30. The Hall–Kier alpha value is -3.51. The topological polar surface area (TPSA) is 43.9 Å². The molecule has 176 valence electrons. The Labute approximate surface area is 200 Å². The first-order valence-corrected chi connectivity index (χ1v) is 11.6. The average molecular weight is 460 g/mol. The second kappa shape index (κ2) is 10.6. The van der Waals surface area contributed by atoms with E-state index in [-0.39, 0.29) is 23.8 Å². The van der Waals surface area contributed by atoms with Crippen molar-refractivity contribution in [3.05, 3.63) is 101 Å². The van der Waals surface area contributed by atoms with Crippen molar-refractivity contribution in [3.8, 4) is 0 Å². The third-order valence-electron chi connectivity index (χ3n) is 6.21. The number of benzene rings is 3. The van der Waals surface area contributed by atoms with E-state index in [1.165, 1.54) is 18.2 Å². The number of carbonyl (C=O) groups is 2. The van der Waals surface area contributed by atoms with Gasteiger partial charge in [-0.25, -0.2) is 4.39 Å². The molecule has 6 heteroatoms. The van der Waals surface area contributed by atoms with E-state index in [1.807, 2.05) is 60.4 Å². The van der Waals surface area contributed by atoms with Crippen LogP contribution in [-0.4, -0.2) is 54.8 Å². The van der Waals surface area contributed by atoms with Crippen LogP contribution in [0.2, 0.25) is 0 Å². The summed E-state index contributed by atoms with van der Waals surface area (Å²) in [4.78, 5) is 32.1. The molecule has 3 aromatic carbocycles. The normalized spacial score (nSPS) is 14.1. The van der Waals surface area contributed by atoms with Gasteiger partial charge in [-0.2, -0.15) is 0 Å². The van der Waals surface area contributed by atoms with Gasteiger partial charge in [-0.3, -0.25) is 9.59 Å². The third kappa shape index (κ3) is 5.88. The summed E-state index contributed by atoms with van der Waals surface area (Å²) in [5.41, 5.74) is 3.91. The zero-order valence-corrected chi connectivity index (χ0v) is 19.7. The van der Waals surface area contributed by atoms with Crippen molar-refractivity contribution >= 4 is 17.5 Å². The van der Waals surface area contributed by atoms with Crippen LogP contribution in [0.1, 0.15) is 27.0 Å². The smallest absolute Gasteiger partial charge is 0.258 e. The molecule has 0 atom stereocenters. The minimum atomic E-state index is -0.451. The van der Waals surface area contributed by atoms with Crippen LogP contribution in [-0.2, 0) is 17.8 Å². The van der Waals surface area contributed by atoms with Crippen molar-refractivity contribution in [2.45, 2.75) is 19.9 Å².